The lowest BCUT2D eigenvalue weighted by molar-refractivity contribution is 0.102. The third-order valence-corrected chi connectivity index (χ3v) is 5.36. The van der Waals surface area contributed by atoms with E-state index in [2.05, 4.69) is 10.3 Å². The van der Waals surface area contributed by atoms with Crippen molar-refractivity contribution in [3.05, 3.63) is 113 Å². The summed E-state index contributed by atoms with van der Waals surface area (Å²) in [6.45, 7) is 1.83. The van der Waals surface area contributed by atoms with Gasteiger partial charge in [0.05, 0.1) is 22.6 Å². The van der Waals surface area contributed by atoms with Crippen LogP contribution in [0.1, 0.15) is 16.1 Å². The van der Waals surface area contributed by atoms with E-state index in [0.29, 0.717) is 16.9 Å². The van der Waals surface area contributed by atoms with Crippen LogP contribution in [0.25, 0.3) is 22.3 Å². The van der Waals surface area contributed by atoms with E-state index in [9.17, 15) is 9.59 Å². The van der Waals surface area contributed by atoms with E-state index in [1.54, 1.807) is 10.9 Å². The molecule has 3 aromatic carbocycles. The van der Waals surface area contributed by atoms with Crippen LogP contribution in [0, 0.1) is 6.92 Å². The molecule has 0 aliphatic rings. The smallest absolute Gasteiger partial charge is 0.295 e. The van der Waals surface area contributed by atoms with Crippen LogP contribution in [0.5, 0.6) is 0 Å². The minimum absolute atomic E-state index is 0.253. The highest BCUT2D eigenvalue weighted by Crippen LogP contribution is 2.23. The molecular weight excluding hydrogens is 388 g/mol. The summed E-state index contributed by atoms with van der Waals surface area (Å²) in [5.74, 6) is -0.330. The van der Waals surface area contributed by atoms with Crippen molar-refractivity contribution in [2.45, 2.75) is 6.92 Å². The van der Waals surface area contributed by atoms with E-state index in [-0.39, 0.29) is 17.2 Å². The molecular formula is C25H20N4O2. The Morgan fingerprint density at radius 3 is 2.06 bits per heavy atom. The van der Waals surface area contributed by atoms with Crippen molar-refractivity contribution in [2.75, 3.05) is 5.32 Å². The number of aromatic nitrogens is 3. The number of carbonyl (C=O) groups excluding carboxylic acids is 1. The summed E-state index contributed by atoms with van der Waals surface area (Å²) in [7, 11) is 0. The number of nitrogens with one attached hydrogen (secondary N) is 2. The molecule has 0 aliphatic carbocycles. The van der Waals surface area contributed by atoms with Crippen molar-refractivity contribution in [1.29, 1.82) is 0 Å². The molecule has 5 aromatic rings. The number of benzene rings is 3. The van der Waals surface area contributed by atoms with E-state index < -0.39 is 0 Å². The van der Waals surface area contributed by atoms with Crippen LogP contribution < -0.4 is 10.9 Å². The Kier molecular flexibility index (Phi) is 4.52. The van der Waals surface area contributed by atoms with Crippen molar-refractivity contribution >= 4 is 22.5 Å². The van der Waals surface area contributed by atoms with Gasteiger partial charge in [-0.1, -0.05) is 54.6 Å². The highest BCUT2D eigenvalue weighted by Gasteiger charge is 2.22. The number of hydrogen-bond donors (Lipinski definition) is 2. The quantitative estimate of drug-likeness (QED) is 0.454. The number of H-pyrrole nitrogens is 1. The molecule has 0 spiro atoms. The molecule has 5 rings (SSSR count). The fourth-order valence-corrected chi connectivity index (χ4v) is 3.87. The molecule has 2 N–H and O–H groups in total. The Bertz CT molecular complexity index is 1440. The molecule has 0 saturated carbocycles. The van der Waals surface area contributed by atoms with Gasteiger partial charge in [0.1, 0.15) is 5.69 Å². The zero-order chi connectivity index (χ0) is 21.4. The number of nitrogens with zero attached hydrogens (tertiary/aromatic N) is 2. The van der Waals surface area contributed by atoms with Gasteiger partial charge in [0.25, 0.3) is 11.5 Å². The maximum absolute atomic E-state index is 13.5. The summed E-state index contributed by atoms with van der Waals surface area (Å²) >= 11 is 0. The Balaban J connectivity index is 1.65. The number of rotatable bonds is 4. The van der Waals surface area contributed by atoms with Crippen LogP contribution in [0.4, 0.5) is 5.69 Å². The number of para-hydroxylation sites is 3. The average Bonchev–Trinajstić information content (AvgIpc) is 3.35. The van der Waals surface area contributed by atoms with E-state index >= 15 is 0 Å². The fraction of sp³-hybridized carbons (Fsp3) is 0.0400. The van der Waals surface area contributed by atoms with Crippen molar-refractivity contribution < 1.29 is 4.79 Å². The second kappa shape index (κ2) is 7.50. The fourth-order valence-electron chi connectivity index (χ4n) is 3.87. The van der Waals surface area contributed by atoms with Gasteiger partial charge in [-0.05, 0) is 37.3 Å². The number of anilines is 1. The molecule has 0 radical (unpaired) electrons. The molecule has 31 heavy (non-hydrogen) atoms. The molecule has 0 fully saturated rings. The lowest BCUT2D eigenvalue weighted by Crippen LogP contribution is -2.23. The second-order valence-electron chi connectivity index (χ2n) is 7.26. The maximum Gasteiger partial charge on any atom is 0.295 e. The molecule has 0 aliphatic heterocycles. The van der Waals surface area contributed by atoms with Gasteiger partial charge < -0.3 is 10.3 Å². The standard InChI is InChI=1S/C25H20N4O2/c1-17-23(27-24(30)21-16-26-22-15-9-8-14-20(21)22)25(31)29(19-12-6-3-7-13-19)28(17)18-10-4-2-5-11-18/h2-16,26H,1H3,(H,27,30). The van der Waals surface area contributed by atoms with Crippen molar-refractivity contribution in [2.24, 2.45) is 0 Å². The molecule has 2 aromatic heterocycles. The Hall–Kier alpha value is -4.32. The van der Waals surface area contributed by atoms with Crippen LogP contribution in [0.15, 0.2) is 95.9 Å². The number of hydrogen-bond acceptors (Lipinski definition) is 2. The third-order valence-electron chi connectivity index (χ3n) is 5.36. The average molecular weight is 408 g/mol. The molecule has 0 atom stereocenters. The van der Waals surface area contributed by atoms with Gasteiger partial charge in [-0.25, -0.2) is 9.36 Å². The summed E-state index contributed by atoms with van der Waals surface area (Å²) in [4.78, 5) is 29.7. The second-order valence-corrected chi connectivity index (χ2v) is 7.26. The first kappa shape index (κ1) is 18.7. The van der Waals surface area contributed by atoms with E-state index in [0.717, 1.165) is 16.6 Å². The van der Waals surface area contributed by atoms with E-state index in [1.807, 2.05) is 96.5 Å². The largest absolute Gasteiger partial charge is 0.360 e. The van der Waals surface area contributed by atoms with Crippen LogP contribution in [-0.2, 0) is 0 Å². The van der Waals surface area contributed by atoms with Crippen LogP contribution in [-0.4, -0.2) is 20.3 Å². The molecule has 0 bridgehead atoms. The predicted octanol–water partition coefficient (Wildman–Crippen LogP) is 4.67. The van der Waals surface area contributed by atoms with Gasteiger partial charge in [0, 0.05) is 17.1 Å². The predicted molar refractivity (Wildman–Crippen MR) is 122 cm³/mol. The summed E-state index contributed by atoms with van der Waals surface area (Å²) in [6.07, 6.45) is 1.67. The van der Waals surface area contributed by atoms with Gasteiger partial charge in [0.2, 0.25) is 0 Å². The first-order valence-electron chi connectivity index (χ1n) is 9.98. The van der Waals surface area contributed by atoms with Crippen molar-refractivity contribution in [3.63, 3.8) is 0 Å². The molecule has 0 unspecified atom stereocenters. The van der Waals surface area contributed by atoms with Crippen LogP contribution in [0.2, 0.25) is 0 Å². The summed E-state index contributed by atoms with van der Waals surface area (Å²) in [6, 6.07) is 26.6. The highest BCUT2D eigenvalue weighted by molar-refractivity contribution is 6.12. The summed E-state index contributed by atoms with van der Waals surface area (Å²) < 4.78 is 3.40. The zero-order valence-electron chi connectivity index (χ0n) is 16.9. The maximum atomic E-state index is 13.5. The van der Waals surface area contributed by atoms with Crippen molar-refractivity contribution in [1.82, 2.24) is 14.3 Å². The number of aromatic amines is 1. The molecule has 6 heteroatoms. The summed E-state index contributed by atoms with van der Waals surface area (Å²) in [5, 5.41) is 3.67. The third kappa shape index (κ3) is 3.14. The monoisotopic (exact) mass is 408 g/mol. The van der Waals surface area contributed by atoms with Gasteiger partial charge >= 0.3 is 0 Å². The van der Waals surface area contributed by atoms with Gasteiger partial charge in [-0.15, -0.1) is 0 Å². The highest BCUT2D eigenvalue weighted by atomic mass is 16.2. The Morgan fingerprint density at radius 2 is 1.39 bits per heavy atom. The first-order chi connectivity index (χ1) is 15.1. The zero-order valence-corrected chi connectivity index (χ0v) is 16.9. The summed E-state index contributed by atoms with van der Waals surface area (Å²) in [5.41, 5.74) is 3.51. The minimum atomic E-state index is -0.330. The topological polar surface area (TPSA) is 71.8 Å². The lowest BCUT2D eigenvalue weighted by atomic mass is 10.1. The molecule has 152 valence electrons. The Morgan fingerprint density at radius 1 is 0.806 bits per heavy atom. The number of fused-ring (bicyclic) bond motifs is 1. The Labute approximate surface area is 178 Å². The van der Waals surface area contributed by atoms with E-state index in [4.69, 9.17) is 0 Å². The SMILES string of the molecule is Cc1c(NC(=O)c2c[nH]c3ccccc23)c(=O)n(-c2ccccc2)n1-c1ccccc1. The van der Waals surface area contributed by atoms with Gasteiger partial charge in [-0.2, -0.15) is 0 Å². The van der Waals surface area contributed by atoms with Crippen LogP contribution in [0.3, 0.4) is 0 Å². The molecule has 1 amide bonds. The lowest BCUT2D eigenvalue weighted by Gasteiger charge is -2.13. The molecule has 6 nitrogen and oxygen atoms in total. The number of carbonyl (C=O) groups is 1. The van der Waals surface area contributed by atoms with Crippen LogP contribution >= 0.6 is 0 Å². The first-order valence-corrected chi connectivity index (χ1v) is 9.98. The van der Waals surface area contributed by atoms with Gasteiger partial charge in [-0.3, -0.25) is 9.59 Å². The molecule has 2 heterocycles. The van der Waals surface area contributed by atoms with E-state index in [1.165, 1.54) is 0 Å². The van der Waals surface area contributed by atoms with Gasteiger partial charge in [0.15, 0.2) is 0 Å². The number of amides is 1. The van der Waals surface area contributed by atoms with Crippen molar-refractivity contribution in [3.8, 4) is 11.4 Å². The minimum Gasteiger partial charge on any atom is -0.360 e. The normalized spacial score (nSPS) is 11.0. The molecule has 0 saturated heterocycles.